The molecule has 1 heterocycles. The van der Waals surface area contributed by atoms with Gasteiger partial charge in [-0.15, -0.1) is 0 Å². The van der Waals surface area contributed by atoms with Gasteiger partial charge in [0.1, 0.15) is 0 Å². The first kappa shape index (κ1) is 19.2. The lowest BCUT2D eigenvalue weighted by Crippen LogP contribution is -2.51. The predicted octanol–water partition coefficient (Wildman–Crippen LogP) is 2.73. The van der Waals surface area contributed by atoms with Crippen molar-refractivity contribution < 1.29 is 26.4 Å². The van der Waals surface area contributed by atoms with Crippen LogP contribution in [-0.4, -0.2) is 49.7 Å². The van der Waals surface area contributed by atoms with E-state index in [2.05, 4.69) is 0 Å². The van der Waals surface area contributed by atoms with E-state index in [0.717, 1.165) is 42.1 Å². The molecule has 1 saturated carbocycles. The van der Waals surface area contributed by atoms with Crippen molar-refractivity contribution in [2.75, 3.05) is 26.2 Å². The highest BCUT2D eigenvalue weighted by Gasteiger charge is 2.40. The van der Waals surface area contributed by atoms with Crippen molar-refractivity contribution in [3.63, 3.8) is 0 Å². The fourth-order valence-electron chi connectivity index (χ4n) is 3.64. The molecular formula is C17H21F3N2O3S. The lowest BCUT2D eigenvalue weighted by Gasteiger charge is -2.35. The van der Waals surface area contributed by atoms with Crippen LogP contribution >= 0.6 is 0 Å². The standard InChI is InChI=1S/C17H21F3N2O3S/c18-17(19,20)14-7-3-4-8-15(14)26(24,25)22-11-9-21(10-12-22)16(23)13-5-1-2-6-13/h3-4,7-8,13H,1-2,5-6,9-12H2. The summed E-state index contributed by atoms with van der Waals surface area (Å²) in [6.07, 6.45) is -0.978. The summed E-state index contributed by atoms with van der Waals surface area (Å²) in [6.45, 7) is 0.436. The zero-order valence-electron chi connectivity index (χ0n) is 14.2. The number of carbonyl (C=O) groups excluding carboxylic acids is 1. The Kier molecular flexibility index (Phi) is 5.30. The Morgan fingerprint density at radius 3 is 2.15 bits per heavy atom. The van der Waals surface area contributed by atoms with Crippen LogP contribution in [0.3, 0.4) is 0 Å². The molecule has 1 amide bonds. The highest BCUT2D eigenvalue weighted by molar-refractivity contribution is 7.89. The molecule has 2 fully saturated rings. The minimum Gasteiger partial charge on any atom is -0.340 e. The quantitative estimate of drug-likeness (QED) is 0.798. The number of benzene rings is 1. The maximum absolute atomic E-state index is 13.2. The third-order valence-corrected chi connectivity index (χ3v) is 7.02. The highest BCUT2D eigenvalue weighted by atomic mass is 32.2. The van der Waals surface area contributed by atoms with Gasteiger partial charge in [-0.25, -0.2) is 8.42 Å². The summed E-state index contributed by atoms with van der Waals surface area (Å²) in [4.78, 5) is 13.3. The molecule has 2 aliphatic rings. The Bertz CT molecular complexity index is 766. The molecule has 0 aromatic heterocycles. The molecule has 1 aromatic rings. The molecule has 1 aliphatic heterocycles. The average molecular weight is 390 g/mol. The number of hydrogen-bond acceptors (Lipinski definition) is 3. The topological polar surface area (TPSA) is 57.7 Å². The Morgan fingerprint density at radius 2 is 1.58 bits per heavy atom. The molecule has 9 heteroatoms. The number of sulfonamides is 1. The number of nitrogens with zero attached hydrogens (tertiary/aromatic N) is 2. The van der Waals surface area contributed by atoms with E-state index in [1.807, 2.05) is 0 Å². The first-order valence-corrected chi connectivity index (χ1v) is 10.1. The Balaban J connectivity index is 1.74. The summed E-state index contributed by atoms with van der Waals surface area (Å²) in [5.41, 5.74) is -1.16. The maximum atomic E-state index is 13.2. The van der Waals surface area contributed by atoms with Crippen molar-refractivity contribution in [2.45, 2.75) is 36.8 Å². The molecule has 0 spiro atoms. The van der Waals surface area contributed by atoms with Gasteiger partial charge in [0.05, 0.1) is 10.5 Å². The van der Waals surface area contributed by atoms with Crippen LogP contribution in [0, 0.1) is 5.92 Å². The number of carbonyl (C=O) groups is 1. The zero-order valence-corrected chi connectivity index (χ0v) is 15.0. The number of amides is 1. The Morgan fingerprint density at radius 1 is 1.00 bits per heavy atom. The van der Waals surface area contributed by atoms with Gasteiger partial charge in [-0.3, -0.25) is 4.79 Å². The molecule has 0 bridgehead atoms. The van der Waals surface area contributed by atoms with Crippen molar-refractivity contribution in [1.29, 1.82) is 0 Å². The predicted molar refractivity (Wildman–Crippen MR) is 88.7 cm³/mol. The second kappa shape index (κ2) is 7.19. The molecule has 3 rings (SSSR count). The zero-order chi connectivity index (χ0) is 18.9. The molecule has 0 N–H and O–H groups in total. The largest absolute Gasteiger partial charge is 0.417 e. The first-order chi connectivity index (χ1) is 12.2. The van der Waals surface area contributed by atoms with Gasteiger partial charge in [-0.1, -0.05) is 25.0 Å². The molecule has 0 unspecified atom stereocenters. The summed E-state index contributed by atoms with van der Waals surface area (Å²) in [7, 11) is -4.27. The number of hydrogen-bond donors (Lipinski definition) is 0. The number of alkyl halides is 3. The Labute approximate surface area is 150 Å². The van der Waals surface area contributed by atoms with Crippen LogP contribution < -0.4 is 0 Å². The van der Waals surface area contributed by atoms with Gasteiger partial charge in [-0.2, -0.15) is 17.5 Å². The van der Waals surface area contributed by atoms with Gasteiger partial charge in [0.2, 0.25) is 15.9 Å². The van der Waals surface area contributed by atoms with Crippen molar-refractivity contribution in [2.24, 2.45) is 5.92 Å². The van der Waals surface area contributed by atoms with Crippen molar-refractivity contribution >= 4 is 15.9 Å². The van der Waals surface area contributed by atoms with Crippen LogP contribution in [0.4, 0.5) is 13.2 Å². The van der Waals surface area contributed by atoms with Gasteiger partial charge in [-0.05, 0) is 25.0 Å². The van der Waals surface area contributed by atoms with Crippen LogP contribution in [0.15, 0.2) is 29.2 Å². The number of halogens is 3. The molecule has 144 valence electrons. The highest BCUT2D eigenvalue weighted by Crippen LogP contribution is 2.35. The minimum absolute atomic E-state index is 0.00381. The normalized spacial score (nSPS) is 20.5. The summed E-state index contributed by atoms with van der Waals surface area (Å²) >= 11 is 0. The third-order valence-electron chi connectivity index (χ3n) is 5.07. The molecule has 0 atom stereocenters. The molecule has 26 heavy (non-hydrogen) atoms. The molecule has 1 saturated heterocycles. The van der Waals surface area contributed by atoms with E-state index in [1.54, 1.807) is 4.90 Å². The fourth-order valence-corrected chi connectivity index (χ4v) is 5.28. The van der Waals surface area contributed by atoms with Crippen molar-refractivity contribution in [3.05, 3.63) is 29.8 Å². The maximum Gasteiger partial charge on any atom is 0.417 e. The van der Waals surface area contributed by atoms with E-state index in [1.165, 1.54) is 12.1 Å². The minimum atomic E-state index is -4.75. The smallest absolute Gasteiger partial charge is 0.340 e. The van der Waals surface area contributed by atoms with Gasteiger partial charge in [0.15, 0.2) is 0 Å². The first-order valence-electron chi connectivity index (χ1n) is 8.66. The molecule has 1 aromatic carbocycles. The van der Waals surface area contributed by atoms with Crippen LogP contribution in [-0.2, 0) is 21.0 Å². The van der Waals surface area contributed by atoms with E-state index in [4.69, 9.17) is 0 Å². The van der Waals surface area contributed by atoms with E-state index in [0.29, 0.717) is 0 Å². The second-order valence-electron chi connectivity index (χ2n) is 6.70. The summed E-state index contributed by atoms with van der Waals surface area (Å²) in [5, 5.41) is 0. The van der Waals surface area contributed by atoms with Crippen LogP contribution in [0.25, 0.3) is 0 Å². The summed E-state index contributed by atoms with van der Waals surface area (Å²) in [5.74, 6) is 0.0411. The van der Waals surface area contributed by atoms with Crippen LogP contribution in [0.2, 0.25) is 0 Å². The van der Waals surface area contributed by atoms with E-state index in [-0.39, 0.29) is 38.0 Å². The van der Waals surface area contributed by atoms with Crippen LogP contribution in [0.5, 0.6) is 0 Å². The van der Waals surface area contributed by atoms with E-state index >= 15 is 0 Å². The third kappa shape index (κ3) is 3.73. The van der Waals surface area contributed by atoms with Crippen molar-refractivity contribution in [3.8, 4) is 0 Å². The summed E-state index contributed by atoms with van der Waals surface area (Å²) < 4.78 is 65.9. The van der Waals surface area contributed by atoms with Crippen LogP contribution in [0.1, 0.15) is 31.2 Å². The molecule has 5 nitrogen and oxygen atoms in total. The van der Waals surface area contributed by atoms with Gasteiger partial charge >= 0.3 is 6.18 Å². The van der Waals surface area contributed by atoms with Gasteiger partial charge < -0.3 is 4.90 Å². The monoisotopic (exact) mass is 390 g/mol. The van der Waals surface area contributed by atoms with E-state index < -0.39 is 26.7 Å². The molecule has 0 radical (unpaired) electrons. The van der Waals surface area contributed by atoms with Gasteiger partial charge in [0, 0.05) is 32.1 Å². The number of rotatable bonds is 3. The lowest BCUT2D eigenvalue weighted by molar-refractivity contribution is -0.140. The summed E-state index contributed by atoms with van der Waals surface area (Å²) in [6, 6.07) is 4.20. The number of piperazine rings is 1. The lowest BCUT2D eigenvalue weighted by atomic mass is 10.1. The van der Waals surface area contributed by atoms with E-state index in [9.17, 15) is 26.4 Å². The molecule has 1 aliphatic carbocycles. The second-order valence-corrected chi connectivity index (χ2v) is 8.61. The van der Waals surface area contributed by atoms with Gasteiger partial charge in [0.25, 0.3) is 0 Å². The Hall–Kier alpha value is -1.61. The van der Waals surface area contributed by atoms with Crippen molar-refractivity contribution in [1.82, 2.24) is 9.21 Å². The SMILES string of the molecule is O=C(C1CCCC1)N1CCN(S(=O)(=O)c2ccccc2C(F)(F)F)CC1. The molecular weight excluding hydrogens is 369 g/mol. The fraction of sp³-hybridized carbons (Fsp3) is 0.588. The average Bonchev–Trinajstić information content (AvgIpc) is 3.15.